The monoisotopic (exact) mass is 211 g/mol. The van der Waals surface area contributed by atoms with Crippen molar-refractivity contribution in [2.75, 3.05) is 5.32 Å². The van der Waals surface area contributed by atoms with Gasteiger partial charge in [-0.25, -0.2) is 9.97 Å². The van der Waals surface area contributed by atoms with Gasteiger partial charge in [0.05, 0.1) is 0 Å². The summed E-state index contributed by atoms with van der Waals surface area (Å²) in [6.07, 6.45) is 4.69. The van der Waals surface area contributed by atoms with Gasteiger partial charge in [-0.1, -0.05) is 30.3 Å². The Labute approximate surface area is 94.6 Å². The standard InChI is InChI=1S/C13H13N3/c1-2-5-10(6-3-1)11-9-12(11)16-13-14-7-4-8-15-13/h1-8,11-12H,9H2,(H,14,15,16)/t11-,12+/m0/s1. The topological polar surface area (TPSA) is 37.8 Å². The SMILES string of the molecule is c1ccc([C@@H]2C[C@H]2Nc2ncccn2)cc1. The molecule has 80 valence electrons. The molecule has 1 saturated carbocycles. The lowest BCUT2D eigenvalue weighted by atomic mass is 10.1. The smallest absolute Gasteiger partial charge is 0.222 e. The highest BCUT2D eigenvalue weighted by molar-refractivity contribution is 5.36. The van der Waals surface area contributed by atoms with E-state index in [0.717, 1.165) is 5.95 Å². The molecule has 0 bridgehead atoms. The molecule has 3 rings (SSSR count). The molecule has 3 heteroatoms. The van der Waals surface area contributed by atoms with E-state index >= 15 is 0 Å². The number of aromatic nitrogens is 2. The van der Waals surface area contributed by atoms with E-state index in [-0.39, 0.29) is 0 Å². The molecule has 1 aliphatic rings. The average Bonchev–Trinajstić information content (AvgIpc) is 3.11. The van der Waals surface area contributed by atoms with Crippen molar-refractivity contribution in [2.45, 2.75) is 18.4 Å². The molecule has 3 nitrogen and oxygen atoms in total. The molecule has 1 N–H and O–H groups in total. The zero-order valence-corrected chi connectivity index (χ0v) is 8.88. The van der Waals surface area contributed by atoms with E-state index in [2.05, 4.69) is 45.6 Å². The Morgan fingerprint density at radius 3 is 2.50 bits per heavy atom. The number of nitrogens with zero attached hydrogens (tertiary/aromatic N) is 2. The summed E-state index contributed by atoms with van der Waals surface area (Å²) in [5.41, 5.74) is 1.40. The normalized spacial score (nSPS) is 22.8. The van der Waals surface area contributed by atoms with Crippen LogP contribution in [0.2, 0.25) is 0 Å². The second kappa shape index (κ2) is 3.93. The largest absolute Gasteiger partial charge is 0.351 e. The number of rotatable bonds is 3. The summed E-state index contributed by atoms with van der Waals surface area (Å²) in [5, 5.41) is 3.34. The molecule has 0 spiro atoms. The van der Waals surface area contributed by atoms with Gasteiger partial charge in [0.15, 0.2) is 0 Å². The van der Waals surface area contributed by atoms with E-state index in [1.165, 1.54) is 12.0 Å². The zero-order valence-electron chi connectivity index (χ0n) is 8.88. The first-order chi connectivity index (χ1) is 7.93. The van der Waals surface area contributed by atoms with Gasteiger partial charge in [0, 0.05) is 24.4 Å². The maximum absolute atomic E-state index is 4.16. The minimum atomic E-state index is 0.491. The van der Waals surface area contributed by atoms with Crippen LogP contribution in [0.5, 0.6) is 0 Å². The van der Waals surface area contributed by atoms with E-state index in [9.17, 15) is 0 Å². The fourth-order valence-electron chi connectivity index (χ4n) is 1.96. The van der Waals surface area contributed by atoms with Gasteiger partial charge in [-0.2, -0.15) is 0 Å². The number of nitrogens with one attached hydrogen (secondary N) is 1. The average molecular weight is 211 g/mol. The Hall–Kier alpha value is -1.90. The van der Waals surface area contributed by atoms with Crippen LogP contribution in [-0.2, 0) is 0 Å². The highest BCUT2D eigenvalue weighted by Gasteiger charge is 2.38. The molecule has 2 atom stereocenters. The van der Waals surface area contributed by atoms with Crippen LogP contribution < -0.4 is 5.32 Å². The first kappa shape index (κ1) is 9.33. The number of hydrogen-bond acceptors (Lipinski definition) is 3. The van der Waals surface area contributed by atoms with Crippen molar-refractivity contribution < 1.29 is 0 Å². The lowest BCUT2D eigenvalue weighted by Gasteiger charge is -2.03. The van der Waals surface area contributed by atoms with Gasteiger partial charge in [0.25, 0.3) is 0 Å². The molecular formula is C13H13N3. The quantitative estimate of drug-likeness (QED) is 0.847. The van der Waals surface area contributed by atoms with Crippen LogP contribution in [0, 0.1) is 0 Å². The van der Waals surface area contributed by atoms with Crippen molar-refractivity contribution in [1.29, 1.82) is 0 Å². The molecule has 0 aliphatic heterocycles. The van der Waals surface area contributed by atoms with E-state index in [1.807, 2.05) is 6.07 Å². The molecule has 0 unspecified atom stereocenters. The predicted molar refractivity (Wildman–Crippen MR) is 63.2 cm³/mol. The second-order valence-electron chi connectivity index (χ2n) is 4.08. The van der Waals surface area contributed by atoms with Crippen LogP contribution in [0.15, 0.2) is 48.8 Å². The summed E-state index contributed by atoms with van der Waals surface area (Å²) in [7, 11) is 0. The molecule has 0 radical (unpaired) electrons. The molecular weight excluding hydrogens is 198 g/mol. The summed E-state index contributed by atoms with van der Waals surface area (Å²) in [6.45, 7) is 0. The molecule has 1 heterocycles. The lowest BCUT2D eigenvalue weighted by Crippen LogP contribution is -2.06. The molecule has 2 aromatic rings. The Morgan fingerprint density at radius 2 is 1.75 bits per heavy atom. The highest BCUT2D eigenvalue weighted by atomic mass is 15.1. The van der Waals surface area contributed by atoms with E-state index in [1.54, 1.807) is 12.4 Å². The first-order valence-electron chi connectivity index (χ1n) is 5.52. The van der Waals surface area contributed by atoms with Crippen LogP contribution >= 0.6 is 0 Å². The number of benzene rings is 1. The Bertz CT molecular complexity index is 455. The van der Waals surface area contributed by atoms with E-state index < -0.39 is 0 Å². The number of anilines is 1. The van der Waals surface area contributed by atoms with Gasteiger partial charge in [0.1, 0.15) is 0 Å². The second-order valence-corrected chi connectivity index (χ2v) is 4.08. The summed E-state index contributed by atoms with van der Waals surface area (Å²) in [6, 6.07) is 12.9. The van der Waals surface area contributed by atoms with Gasteiger partial charge in [0.2, 0.25) is 5.95 Å². The van der Waals surface area contributed by atoms with Gasteiger partial charge in [-0.3, -0.25) is 0 Å². The third-order valence-electron chi connectivity index (χ3n) is 2.90. The Morgan fingerprint density at radius 1 is 1.00 bits per heavy atom. The molecule has 0 saturated heterocycles. The van der Waals surface area contributed by atoms with Gasteiger partial charge >= 0.3 is 0 Å². The van der Waals surface area contributed by atoms with Crippen LogP contribution in [0.25, 0.3) is 0 Å². The van der Waals surface area contributed by atoms with E-state index in [4.69, 9.17) is 0 Å². The third kappa shape index (κ3) is 1.89. The Kier molecular flexibility index (Phi) is 2.29. The Balaban J connectivity index is 1.65. The van der Waals surface area contributed by atoms with Crippen LogP contribution in [-0.4, -0.2) is 16.0 Å². The van der Waals surface area contributed by atoms with Crippen molar-refractivity contribution in [3.05, 3.63) is 54.4 Å². The zero-order chi connectivity index (χ0) is 10.8. The van der Waals surface area contributed by atoms with Crippen molar-refractivity contribution >= 4 is 5.95 Å². The van der Waals surface area contributed by atoms with Crippen molar-refractivity contribution in [3.63, 3.8) is 0 Å². The van der Waals surface area contributed by atoms with Crippen LogP contribution in [0.3, 0.4) is 0 Å². The predicted octanol–water partition coefficient (Wildman–Crippen LogP) is 2.44. The van der Waals surface area contributed by atoms with E-state index in [0.29, 0.717) is 12.0 Å². The minimum absolute atomic E-state index is 0.491. The summed E-state index contributed by atoms with van der Waals surface area (Å²) >= 11 is 0. The van der Waals surface area contributed by atoms with Gasteiger partial charge < -0.3 is 5.32 Å². The molecule has 1 fully saturated rings. The first-order valence-corrected chi connectivity index (χ1v) is 5.52. The fraction of sp³-hybridized carbons (Fsp3) is 0.231. The van der Waals surface area contributed by atoms with Gasteiger partial charge in [-0.15, -0.1) is 0 Å². The fourth-order valence-corrected chi connectivity index (χ4v) is 1.96. The summed E-state index contributed by atoms with van der Waals surface area (Å²) < 4.78 is 0. The highest BCUT2D eigenvalue weighted by Crippen LogP contribution is 2.42. The third-order valence-corrected chi connectivity index (χ3v) is 2.90. The maximum atomic E-state index is 4.16. The minimum Gasteiger partial charge on any atom is -0.351 e. The molecule has 1 aromatic heterocycles. The number of hydrogen-bond donors (Lipinski definition) is 1. The van der Waals surface area contributed by atoms with Crippen molar-refractivity contribution in [1.82, 2.24) is 9.97 Å². The molecule has 16 heavy (non-hydrogen) atoms. The van der Waals surface area contributed by atoms with Crippen LogP contribution in [0.1, 0.15) is 17.9 Å². The molecule has 1 aromatic carbocycles. The summed E-state index contributed by atoms with van der Waals surface area (Å²) in [4.78, 5) is 8.33. The summed E-state index contributed by atoms with van der Waals surface area (Å²) in [5.74, 6) is 1.34. The molecule has 0 amide bonds. The van der Waals surface area contributed by atoms with Gasteiger partial charge in [-0.05, 0) is 18.1 Å². The lowest BCUT2D eigenvalue weighted by molar-refractivity contribution is 1.00. The molecule has 1 aliphatic carbocycles. The van der Waals surface area contributed by atoms with Crippen molar-refractivity contribution in [2.24, 2.45) is 0 Å². The van der Waals surface area contributed by atoms with Crippen molar-refractivity contribution in [3.8, 4) is 0 Å². The van der Waals surface area contributed by atoms with Crippen LogP contribution in [0.4, 0.5) is 5.95 Å². The maximum Gasteiger partial charge on any atom is 0.222 e.